The molecule has 1 heterocycles. The first kappa shape index (κ1) is 12.1. The predicted molar refractivity (Wildman–Crippen MR) is 73.0 cm³/mol. The second-order valence-corrected chi connectivity index (χ2v) is 4.13. The molecule has 0 bridgehead atoms. The number of pyridine rings is 1. The zero-order valence-electron chi connectivity index (χ0n) is 10.4. The highest BCUT2D eigenvalue weighted by atomic mass is 16.1. The molecule has 4 heteroatoms. The Morgan fingerprint density at radius 3 is 2.22 bits per heavy atom. The summed E-state index contributed by atoms with van der Waals surface area (Å²) in [5.41, 5.74) is 2.47. The van der Waals surface area contributed by atoms with Gasteiger partial charge in [0, 0.05) is 43.4 Å². The summed E-state index contributed by atoms with van der Waals surface area (Å²) in [6, 6.07) is 11.1. The molecule has 0 unspecified atom stereocenters. The van der Waals surface area contributed by atoms with Gasteiger partial charge in [-0.1, -0.05) is 0 Å². The number of rotatable bonds is 3. The molecule has 18 heavy (non-hydrogen) atoms. The number of hydrogen-bond donors (Lipinski definition) is 1. The average molecular weight is 241 g/mol. The fourth-order valence-electron chi connectivity index (χ4n) is 1.55. The SMILES string of the molecule is CN(C)c1ccc(NC(=O)c2ccncc2)cc1. The lowest BCUT2D eigenvalue weighted by molar-refractivity contribution is 0.102. The zero-order chi connectivity index (χ0) is 13.0. The van der Waals surface area contributed by atoms with Crippen molar-refractivity contribution in [2.24, 2.45) is 0 Å². The van der Waals surface area contributed by atoms with Crippen LogP contribution >= 0.6 is 0 Å². The van der Waals surface area contributed by atoms with Crippen LogP contribution in [0.25, 0.3) is 0 Å². The monoisotopic (exact) mass is 241 g/mol. The molecule has 2 aromatic rings. The first-order valence-corrected chi connectivity index (χ1v) is 5.65. The van der Waals surface area contributed by atoms with E-state index in [9.17, 15) is 4.79 Å². The van der Waals surface area contributed by atoms with Crippen molar-refractivity contribution in [2.45, 2.75) is 0 Å². The van der Waals surface area contributed by atoms with Crippen LogP contribution in [-0.4, -0.2) is 25.0 Å². The minimum absolute atomic E-state index is 0.130. The van der Waals surface area contributed by atoms with E-state index in [-0.39, 0.29) is 5.91 Å². The summed E-state index contributed by atoms with van der Waals surface area (Å²) >= 11 is 0. The average Bonchev–Trinajstić information content (AvgIpc) is 2.40. The maximum absolute atomic E-state index is 11.9. The van der Waals surface area contributed by atoms with Gasteiger partial charge in [0.15, 0.2) is 0 Å². The van der Waals surface area contributed by atoms with E-state index in [1.54, 1.807) is 24.5 Å². The summed E-state index contributed by atoms with van der Waals surface area (Å²) in [6.07, 6.45) is 3.20. The van der Waals surface area contributed by atoms with E-state index in [2.05, 4.69) is 10.3 Å². The molecule has 0 fully saturated rings. The standard InChI is InChI=1S/C14H15N3O/c1-17(2)13-5-3-12(4-6-13)16-14(18)11-7-9-15-10-8-11/h3-10H,1-2H3,(H,16,18). The number of anilines is 2. The van der Waals surface area contributed by atoms with Gasteiger partial charge in [-0.3, -0.25) is 9.78 Å². The molecule has 4 nitrogen and oxygen atoms in total. The number of nitrogens with one attached hydrogen (secondary N) is 1. The van der Waals surface area contributed by atoms with Gasteiger partial charge in [-0.25, -0.2) is 0 Å². The molecule has 1 N–H and O–H groups in total. The van der Waals surface area contributed by atoms with Crippen LogP contribution < -0.4 is 10.2 Å². The van der Waals surface area contributed by atoms with Crippen LogP contribution in [0, 0.1) is 0 Å². The molecule has 0 saturated heterocycles. The quantitative estimate of drug-likeness (QED) is 0.897. The van der Waals surface area contributed by atoms with Crippen molar-refractivity contribution >= 4 is 17.3 Å². The van der Waals surface area contributed by atoms with Crippen molar-refractivity contribution in [2.75, 3.05) is 24.3 Å². The zero-order valence-corrected chi connectivity index (χ0v) is 10.4. The van der Waals surface area contributed by atoms with Crippen LogP contribution in [0.1, 0.15) is 10.4 Å². The molecule has 0 aliphatic rings. The van der Waals surface area contributed by atoms with Crippen LogP contribution in [0.5, 0.6) is 0 Å². The third kappa shape index (κ3) is 2.85. The Labute approximate surface area is 106 Å². The molecule has 0 aliphatic carbocycles. The number of hydrogen-bond acceptors (Lipinski definition) is 3. The van der Waals surface area contributed by atoms with Crippen LogP contribution in [-0.2, 0) is 0 Å². The van der Waals surface area contributed by atoms with Crippen LogP contribution in [0.3, 0.4) is 0 Å². The largest absolute Gasteiger partial charge is 0.378 e. The van der Waals surface area contributed by atoms with E-state index in [1.165, 1.54) is 0 Å². The molecule has 0 saturated carbocycles. The van der Waals surface area contributed by atoms with Gasteiger partial charge in [-0.05, 0) is 36.4 Å². The Morgan fingerprint density at radius 1 is 1.06 bits per heavy atom. The van der Waals surface area contributed by atoms with Crippen LogP contribution in [0.15, 0.2) is 48.8 Å². The highest BCUT2D eigenvalue weighted by Gasteiger charge is 2.05. The van der Waals surface area contributed by atoms with Gasteiger partial charge in [-0.2, -0.15) is 0 Å². The van der Waals surface area contributed by atoms with Gasteiger partial charge in [0.05, 0.1) is 0 Å². The Morgan fingerprint density at radius 2 is 1.67 bits per heavy atom. The van der Waals surface area contributed by atoms with Crippen molar-refractivity contribution in [1.29, 1.82) is 0 Å². The van der Waals surface area contributed by atoms with E-state index < -0.39 is 0 Å². The lowest BCUT2D eigenvalue weighted by Gasteiger charge is -2.13. The summed E-state index contributed by atoms with van der Waals surface area (Å²) in [6.45, 7) is 0. The molecule has 0 atom stereocenters. The van der Waals surface area contributed by atoms with Gasteiger partial charge < -0.3 is 10.2 Å². The fraction of sp³-hybridized carbons (Fsp3) is 0.143. The van der Waals surface area contributed by atoms with E-state index in [0.29, 0.717) is 5.56 Å². The summed E-state index contributed by atoms with van der Waals surface area (Å²) in [5, 5.41) is 2.84. The molecule has 1 aromatic carbocycles. The number of aromatic nitrogens is 1. The first-order chi connectivity index (χ1) is 8.66. The lowest BCUT2D eigenvalue weighted by atomic mass is 10.2. The second-order valence-electron chi connectivity index (χ2n) is 4.13. The summed E-state index contributed by atoms with van der Waals surface area (Å²) in [5.74, 6) is -0.130. The topological polar surface area (TPSA) is 45.2 Å². The van der Waals surface area contributed by atoms with Gasteiger partial charge in [-0.15, -0.1) is 0 Å². The third-order valence-corrected chi connectivity index (χ3v) is 2.58. The molecule has 92 valence electrons. The predicted octanol–water partition coefficient (Wildman–Crippen LogP) is 2.40. The maximum atomic E-state index is 11.9. The minimum atomic E-state index is -0.130. The Hall–Kier alpha value is -2.36. The normalized spacial score (nSPS) is 9.89. The van der Waals surface area contributed by atoms with E-state index in [0.717, 1.165) is 11.4 Å². The van der Waals surface area contributed by atoms with Crippen molar-refractivity contribution in [3.8, 4) is 0 Å². The molecule has 0 aliphatic heterocycles. The van der Waals surface area contributed by atoms with Gasteiger partial charge >= 0.3 is 0 Å². The molecule has 0 radical (unpaired) electrons. The maximum Gasteiger partial charge on any atom is 0.255 e. The number of amides is 1. The van der Waals surface area contributed by atoms with Crippen molar-refractivity contribution < 1.29 is 4.79 Å². The molecule has 0 spiro atoms. The van der Waals surface area contributed by atoms with Crippen LogP contribution in [0.4, 0.5) is 11.4 Å². The Bertz CT molecular complexity index is 520. The molecule has 1 aromatic heterocycles. The first-order valence-electron chi connectivity index (χ1n) is 5.65. The molecule has 1 amide bonds. The lowest BCUT2D eigenvalue weighted by Crippen LogP contribution is -2.12. The second kappa shape index (κ2) is 5.31. The highest BCUT2D eigenvalue weighted by Crippen LogP contribution is 2.16. The summed E-state index contributed by atoms with van der Waals surface area (Å²) in [4.78, 5) is 17.8. The van der Waals surface area contributed by atoms with Crippen LogP contribution in [0.2, 0.25) is 0 Å². The number of nitrogens with zero attached hydrogens (tertiary/aromatic N) is 2. The van der Waals surface area contributed by atoms with Gasteiger partial charge in [0.1, 0.15) is 0 Å². The van der Waals surface area contributed by atoms with Crippen molar-refractivity contribution in [1.82, 2.24) is 4.98 Å². The summed E-state index contributed by atoms with van der Waals surface area (Å²) in [7, 11) is 3.95. The smallest absolute Gasteiger partial charge is 0.255 e. The number of benzene rings is 1. The highest BCUT2D eigenvalue weighted by molar-refractivity contribution is 6.04. The fourth-order valence-corrected chi connectivity index (χ4v) is 1.55. The van der Waals surface area contributed by atoms with E-state index in [1.807, 2.05) is 43.3 Å². The van der Waals surface area contributed by atoms with Crippen molar-refractivity contribution in [3.63, 3.8) is 0 Å². The van der Waals surface area contributed by atoms with Gasteiger partial charge in [0.25, 0.3) is 5.91 Å². The number of carbonyl (C=O) groups excluding carboxylic acids is 1. The summed E-state index contributed by atoms with van der Waals surface area (Å²) < 4.78 is 0. The Balaban J connectivity index is 2.08. The number of carbonyl (C=O) groups is 1. The molecular formula is C14H15N3O. The Kier molecular flexibility index (Phi) is 3.57. The van der Waals surface area contributed by atoms with Crippen molar-refractivity contribution in [3.05, 3.63) is 54.4 Å². The van der Waals surface area contributed by atoms with Gasteiger partial charge in [0.2, 0.25) is 0 Å². The third-order valence-electron chi connectivity index (χ3n) is 2.58. The van der Waals surface area contributed by atoms with E-state index in [4.69, 9.17) is 0 Å². The molecular weight excluding hydrogens is 226 g/mol. The molecule has 2 rings (SSSR count). The minimum Gasteiger partial charge on any atom is -0.378 e. The van der Waals surface area contributed by atoms with E-state index >= 15 is 0 Å².